The number of nitrogens with one attached hydrogen (secondary N) is 1. The van der Waals surface area contributed by atoms with Gasteiger partial charge in [0.15, 0.2) is 5.82 Å². The van der Waals surface area contributed by atoms with E-state index < -0.39 is 5.41 Å². The molecule has 1 aliphatic heterocycles. The van der Waals surface area contributed by atoms with E-state index in [0.29, 0.717) is 24.8 Å². The Balaban J connectivity index is 1.16. The van der Waals surface area contributed by atoms with E-state index in [-0.39, 0.29) is 11.4 Å². The highest BCUT2D eigenvalue weighted by Crippen LogP contribution is 2.59. The van der Waals surface area contributed by atoms with Crippen LogP contribution in [0.15, 0.2) is 36.5 Å². The lowest BCUT2D eigenvalue weighted by Gasteiger charge is -2.62. The predicted molar refractivity (Wildman–Crippen MR) is 98.7 cm³/mol. The van der Waals surface area contributed by atoms with Gasteiger partial charge in [0.05, 0.1) is 17.7 Å². The summed E-state index contributed by atoms with van der Waals surface area (Å²) in [5, 5.41) is 20.7. The molecule has 1 saturated heterocycles. The molecule has 7 nitrogen and oxygen atoms in total. The largest absolute Gasteiger partial charge is 0.323 e. The number of nitrogens with zero attached hydrogens (tertiary/aromatic N) is 5. The molecule has 27 heavy (non-hydrogen) atoms. The minimum Gasteiger partial charge on any atom is -0.323 e. The van der Waals surface area contributed by atoms with Gasteiger partial charge in [-0.25, -0.2) is 4.79 Å². The average molecular weight is 362 g/mol. The van der Waals surface area contributed by atoms with Gasteiger partial charge in [0, 0.05) is 25.0 Å². The Hall–Kier alpha value is -2.88. The van der Waals surface area contributed by atoms with Crippen LogP contribution >= 0.6 is 0 Å². The molecule has 2 heterocycles. The van der Waals surface area contributed by atoms with Gasteiger partial charge in [-0.2, -0.15) is 5.26 Å². The molecule has 1 N–H and O–H groups in total. The average Bonchev–Trinajstić information content (AvgIpc) is 3.32. The number of benzene rings is 1. The van der Waals surface area contributed by atoms with Crippen molar-refractivity contribution in [3.63, 3.8) is 0 Å². The van der Waals surface area contributed by atoms with Crippen LogP contribution in [-0.2, 0) is 12.0 Å². The fourth-order valence-electron chi connectivity index (χ4n) is 4.66. The SMILES string of the molecule is N#CC1(c2ccccc2)CC2(CN(C(=O)Nc3cn(CC4CC4)nn3)C2)C1. The van der Waals surface area contributed by atoms with E-state index in [9.17, 15) is 10.1 Å². The van der Waals surface area contributed by atoms with Crippen molar-refractivity contribution in [2.45, 2.75) is 37.6 Å². The predicted octanol–water partition coefficient (Wildman–Crippen LogP) is 2.78. The number of rotatable bonds is 4. The van der Waals surface area contributed by atoms with Gasteiger partial charge in [0.25, 0.3) is 0 Å². The van der Waals surface area contributed by atoms with E-state index in [1.165, 1.54) is 12.8 Å². The van der Waals surface area contributed by atoms with Crippen LogP contribution in [0.2, 0.25) is 0 Å². The second kappa shape index (κ2) is 5.81. The molecule has 5 rings (SSSR count). The van der Waals surface area contributed by atoms with Crippen molar-refractivity contribution in [3.05, 3.63) is 42.1 Å². The summed E-state index contributed by atoms with van der Waals surface area (Å²) >= 11 is 0. The Morgan fingerprint density at radius 3 is 2.67 bits per heavy atom. The molecule has 1 aromatic heterocycles. The molecule has 0 atom stereocenters. The number of carbonyl (C=O) groups excluding carboxylic acids is 1. The summed E-state index contributed by atoms with van der Waals surface area (Å²) in [5.41, 5.74) is 0.787. The van der Waals surface area contributed by atoms with Crippen molar-refractivity contribution in [1.82, 2.24) is 19.9 Å². The normalized spacial score (nSPS) is 21.8. The highest BCUT2D eigenvalue weighted by Gasteiger charge is 2.61. The number of hydrogen-bond donors (Lipinski definition) is 1. The molecule has 2 aliphatic carbocycles. The Morgan fingerprint density at radius 2 is 2.00 bits per heavy atom. The zero-order valence-corrected chi connectivity index (χ0v) is 15.1. The third-order valence-electron chi connectivity index (χ3n) is 6.15. The molecule has 1 aromatic carbocycles. The smallest absolute Gasteiger partial charge is 0.323 e. The zero-order valence-electron chi connectivity index (χ0n) is 15.1. The Kier molecular flexibility index (Phi) is 3.51. The van der Waals surface area contributed by atoms with E-state index in [0.717, 1.165) is 24.9 Å². The van der Waals surface area contributed by atoms with Crippen molar-refractivity contribution in [3.8, 4) is 6.07 Å². The number of anilines is 1. The van der Waals surface area contributed by atoms with E-state index in [4.69, 9.17) is 0 Å². The van der Waals surface area contributed by atoms with Crippen molar-refractivity contribution in [1.29, 1.82) is 5.26 Å². The van der Waals surface area contributed by atoms with Crippen LogP contribution in [0, 0.1) is 22.7 Å². The zero-order chi connectivity index (χ0) is 18.5. The fourth-order valence-corrected chi connectivity index (χ4v) is 4.66. The van der Waals surface area contributed by atoms with Crippen molar-refractivity contribution < 1.29 is 4.79 Å². The minimum atomic E-state index is -0.394. The van der Waals surface area contributed by atoms with Crippen molar-refractivity contribution in [2.24, 2.45) is 11.3 Å². The second-order valence-corrected chi connectivity index (χ2v) is 8.47. The first-order valence-corrected chi connectivity index (χ1v) is 9.53. The maximum Gasteiger partial charge on any atom is 0.323 e. The van der Waals surface area contributed by atoms with E-state index in [1.807, 2.05) is 30.3 Å². The lowest BCUT2D eigenvalue weighted by Crippen LogP contribution is -2.68. The molecular formula is C20H22N6O. The van der Waals surface area contributed by atoms with E-state index in [1.54, 1.807) is 15.8 Å². The third-order valence-corrected chi connectivity index (χ3v) is 6.15. The molecule has 2 saturated carbocycles. The number of hydrogen-bond acceptors (Lipinski definition) is 4. The van der Waals surface area contributed by atoms with Crippen LogP contribution in [0.5, 0.6) is 0 Å². The maximum atomic E-state index is 12.4. The first kappa shape index (κ1) is 16.3. The molecule has 3 aliphatic rings. The van der Waals surface area contributed by atoms with Gasteiger partial charge >= 0.3 is 6.03 Å². The van der Waals surface area contributed by atoms with Crippen molar-refractivity contribution >= 4 is 11.8 Å². The van der Waals surface area contributed by atoms with Gasteiger partial charge in [0.2, 0.25) is 0 Å². The van der Waals surface area contributed by atoms with Gasteiger partial charge in [-0.1, -0.05) is 35.5 Å². The molecule has 7 heteroatoms. The summed E-state index contributed by atoms with van der Waals surface area (Å²) in [4.78, 5) is 14.2. The standard InChI is InChI=1S/C20H22N6O/c21-12-20(16-4-2-1-3-5-16)10-19(11-20)13-25(14-19)18(27)22-17-9-26(24-23-17)8-15-6-7-15/h1-5,9,15H,6-8,10-11,13-14H2,(H,22,27). The highest BCUT2D eigenvalue weighted by molar-refractivity contribution is 5.88. The van der Waals surface area contributed by atoms with E-state index in [2.05, 4.69) is 21.7 Å². The first-order chi connectivity index (χ1) is 13.1. The Bertz CT molecular complexity index is 896. The molecule has 138 valence electrons. The molecule has 2 aromatic rings. The molecule has 2 amide bonds. The fraction of sp³-hybridized carbons (Fsp3) is 0.500. The van der Waals surface area contributed by atoms with Crippen LogP contribution in [0.1, 0.15) is 31.2 Å². The number of carbonyl (C=O) groups is 1. The minimum absolute atomic E-state index is 0.0898. The van der Waals surface area contributed by atoms with Crippen LogP contribution < -0.4 is 5.32 Å². The van der Waals surface area contributed by atoms with E-state index >= 15 is 0 Å². The summed E-state index contributed by atoms with van der Waals surface area (Å²) in [6.07, 6.45) is 5.95. The van der Waals surface area contributed by atoms with Gasteiger partial charge in [0.1, 0.15) is 0 Å². The highest BCUT2D eigenvalue weighted by atomic mass is 16.2. The number of likely N-dealkylation sites (tertiary alicyclic amines) is 1. The summed E-state index contributed by atoms with van der Waals surface area (Å²) in [7, 11) is 0. The van der Waals surface area contributed by atoms with Crippen LogP contribution in [0.3, 0.4) is 0 Å². The van der Waals surface area contributed by atoms with Crippen LogP contribution in [0.4, 0.5) is 10.6 Å². The van der Waals surface area contributed by atoms with Crippen molar-refractivity contribution in [2.75, 3.05) is 18.4 Å². The summed E-state index contributed by atoms with van der Waals surface area (Å²) < 4.78 is 1.80. The molecule has 1 spiro atoms. The molecule has 0 radical (unpaired) electrons. The number of aromatic nitrogens is 3. The Labute approximate surface area is 158 Å². The summed E-state index contributed by atoms with van der Waals surface area (Å²) in [6, 6.07) is 12.4. The van der Waals surface area contributed by atoms with Gasteiger partial charge in [-0.05, 0) is 37.2 Å². The summed E-state index contributed by atoms with van der Waals surface area (Å²) in [5.74, 6) is 1.22. The van der Waals surface area contributed by atoms with Gasteiger partial charge < -0.3 is 4.90 Å². The summed E-state index contributed by atoms with van der Waals surface area (Å²) in [6.45, 7) is 2.28. The Morgan fingerprint density at radius 1 is 1.26 bits per heavy atom. The second-order valence-electron chi connectivity index (χ2n) is 8.47. The lowest BCUT2D eigenvalue weighted by atomic mass is 9.48. The molecule has 0 unspecified atom stereocenters. The quantitative estimate of drug-likeness (QED) is 0.906. The van der Waals surface area contributed by atoms with Crippen LogP contribution in [0.25, 0.3) is 0 Å². The molecule has 3 fully saturated rings. The number of nitriles is 1. The maximum absolute atomic E-state index is 12.4. The van der Waals surface area contributed by atoms with Gasteiger partial charge in [-0.15, -0.1) is 5.10 Å². The van der Waals surface area contributed by atoms with Gasteiger partial charge in [-0.3, -0.25) is 10.00 Å². The first-order valence-electron chi connectivity index (χ1n) is 9.53. The van der Waals surface area contributed by atoms with Crippen LogP contribution in [-0.4, -0.2) is 39.0 Å². The number of amides is 2. The topological polar surface area (TPSA) is 86.8 Å². The monoisotopic (exact) mass is 362 g/mol. The molecular weight excluding hydrogens is 340 g/mol. The number of urea groups is 1. The lowest BCUT2D eigenvalue weighted by molar-refractivity contribution is -0.0671. The third kappa shape index (κ3) is 2.85. The molecule has 0 bridgehead atoms.